The Labute approximate surface area is 197 Å². The fourth-order valence-electron chi connectivity index (χ4n) is 3.50. The lowest BCUT2D eigenvalue weighted by atomic mass is 10.1. The number of benzene rings is 1. The highest BCUT2D eigenvalue weighted by Crippen LogP contribution is 2.31. The van der Waals surface area contributed by atoms with Crippen molar-refractivity contribution in [3.63, 3.8) is 0 Å². The quantitative estimate of drug-likeness (QED) is 0.409. The molecule has 0 aliphatic rings. The average Bonchev–Trinajstić information content (AvgIpc) is 3.36. The molecule has 0 aliphatic carbocycles. The standard InChI is InChI=1S/C22H20ClF3N6O2/c1-13-18-19(23)16(21(33)29-15-5-3-14(4-6-15)22(24,25)26)11-28-20(18)32(30-13)12-17-27-7-8-31(17)9-10-34-2/h3-8,11H,9-10,12H2,1-2H3,(H,29,33). The van der Waals surface area contributed by atoms with Gasteiger partial charge in [-0.1, -0.05) is 11.6 Å². The van der Waals surface area contributed by atoms with E-state index in [1.54, 1.807) is 24.9 Å². The number of fused-ring (bicyclic) bond motifs is 1. The molecule has 34 heavy (non-hydrogen) atoms. The predicted molar refractivity (Wildman–Crippen MR) is 120 cm³/mol. The lowest BCUT2D eigenvalue weighted by Crippen LogP contribution is -2.14. The minimum Gasteiger partial charge on any atom is -0.383 e. The van der Waals surface area contributed by atoms with Crippen molar-refractivity contribution in [3.8, 4) is 0 Å². The van der Waals surface area contributed by atoms with Crippen molar-refractivity contribution in [2.45, 2.75) is 26.2 Å². The van der Waals surface area contributed by atoms with Crippen molar-refractivity contribution in [2.24, 2.45) is 0 Å². The number of carbonyl (C=O) groups is 1. The molecular weight excluding hydrogens is 473 g/mol. The van der Waals surface area contributed by atoms with Crippen LogP contribution in [0.5, 0.6) is 0 Å². The Morgan fingerprint density at radius 3 is 2.62 bits per heavy atom. The number of halogens is 4. The molecule has 0 aliphatic heterocycles. The summed E-state index contributed by atoms with van der Waals surface area (Å²) < 4.78 is 47.0. The molecule has 1 amide bonds. The van der Waals surface area contributed by atoms with E-state index in [1.807, 2.05) is 10.8 Å². The van der Waals surface area contributed by atoms with E-state index < -0.39 is 17.6 Å². The number of rotatable bonds is 7. The normalized spacial score (nSPS) is 11.8. The average molecular weight is 493 g/mol. The topological polar surface area (TPSA) is 86.9 Å². The van der Waals surface area contributed by atoms with E-state index >= 15 is 0 Å². The first-order chi connectivity index (χ1) is 16.2. The highest BCUT2D eigenvalue weighted by molar-refractivity contribution is 6.39. The summed E-state index contributed by atoms with van der Waals surface area (Å²) in [6.07, 6.45) is 0.392. The molecule has 0 saturated heterocycles. The van der Waals surface area contributed by atoms with Crippen LogP contribution in [0, 0.1) is 6.92 Å². The van der Waals surface area contributed by atoms with Crippen LogP contribution in [0.4, 0.5) is 18.9 Å². The van der Waals surface area contributed by atoms with Gasteiger partial charge in [0, 0.05) is 37.9 Å². The van der Waals surface area contributed by atoms with Gasteiger partial charge in [0.2, 0.25) is 0 Å². The van der Waals surface area contributed by atoms with Gasteiger partial charge in [-0.2, -0.15) is 18.3 Å². The molecule has 0 atom stereocenters. The van der Waals surface area contributed by atoms with Crippen LogP contribution in [0.1, 0.15) is 27.4 Å². The lowest BCUT2D eigenvalue weighted by Gasteiger charge is -2.10. The minimum atomic E-state index is -4.46. The number of imidazole rings is 1. The number of hydrogen-bond donors (Lipinski definition) is 1. The fourth-order valence-corrected chi connectivity index (χ4v) is 3.86. The van der Waals surface area contributed by atoms with Gasteiger partial charge < -0.3 is 14.6 Å². The Bertz CT molecular complexity index is 1330. The summed E-state index contributed by atoms with van der Waals surface area (Å²) in [5.41, 5.74) is 0.529. The van der Waals surface area contributed by atoms with Gasteiger partial charge in [-0.15, -0.1) is 0 Å². The van der Waals surface area contributed by atoms with Gasteiger partial charge in [-0.05, 0) is 31.2 Å². The van der Waals surface area contributed by atoms with E-state index in [4.69, 9.17) is 16.3 Å². The molecule has 0 fully saturated rings. The molecule has 1 N–H and O–H groups in total. The molecule has 0 unspecified atom stereocenters. The summed E-state index contributed by atoms with van der Waals surface area (Å²) in [6.45, 7) is 3.25. The summed E-state index contributed by atoms with van der Waals surface area (Å²) in [6, 6.07) is 4.14. The second-order valence-electron chi connectivity index (χ2n) is 7.49. The smallest absolute Gasteiger partial charge is 0.383 e. The number of carbonyl (C=O) groups excluding carboxylic acids is 1. The highest BCUT2D eigenvalue weighted by Gasteiger charge is 2.30. The van der Waals surface area contributed by atoms with Gasteiger partial charge in [0.15, 0.2) is 5.65 Å². The van der Waals surface area contributed by atoms with Crippen LogP contribution in [0.2, 0.25) is 5.02 Å². The molecule has 0 saturated carbocycles. The number of pyridine rings is 1. The zero-order chi connectivity index (χ0) is 24.5. The third-order valence-electron chi connectivity index (χ3n) is 5.22. The minimum absolute atomic E-state index is 0.0818. The molecule has 0 radical (unpaired) electrons. The summed E-state index contributed by atoms with van der Waals surface area (Å²) >= 11 is 6.55. The Balaban J connectivity index is 1.59. The Morgan fingerprint density at radius 1 is 1.21 bits per heavy atom. The van der Waals surface area contributed by atoms with E-state index in [0.717, 1.165) is 18.0 Å². The van der Waals surface area contributed by atoms with Gasteiger partial charge >= 0.3 is 6.18 Å². The van der Waals surface area contributed by atoms with Gasteiger partial charge in [0.1, 0.15) is 12.4 Å². The summed E-state index contributed by atoms with van der Waals surface area (Å²) in [5.74, 6) is 0.157. The van der Waals surface area contributed by atoms with Crippen LogP contribution in [0.15, 0.2) is 42.9 Å². The zero-order valence-corrected chi connectivity index (χ0v) is 19.0. The molecule has 8 nitrogen and oxygen atoms in total. The van der Waals surface area contributed by atoms with Gasteiger partial charge in [0.05, 0.1) is 33.8 Å². The summed E-state index contributed by atoms with van der Waals surface area (Å²) in [4.78, 5) is 21.5. The SMILES string of the molecule is COCCn1ccnc1Cn1nc(C)c2c(Cl)c(C(=O)Nc3ccc(C(F)(F)F)cc3)cnc21. The predicted octanol–water partition coefficient (Wildman–Crippen LogP) is 4.56. The molecule has 3 heterocycles. The Kier molecular flexibility index (Phi) is 6.58. The lowest BCUT2D eigenvalue weighted by molar-refractivity contribution is -0.137. The zero-order valence-electron chi connectivity index (χ0n) is 18.2. The number of amides is 1. The summed E-state index contributed by atoms with van der Waals surface area (Å²) in [7, 11) is 1.62. The van der Waals surface area contributed by atoms with Crippen molar-refractivity contribution in [3.05, 3.63) is 70.5 Å². The molecule has 0 bridgehead atoms. The maximum atomic E-state index is 12.8. The highest BCUT2D eigenvalue weighted by atomic mass is 35.5. The van der Waals surface area contributed by atoms with E-state index in [-0.39, 0.29) is 16.3 Å². The first kappa shape index (κ1) is 23.7. The third-order valence-corrected chi connectivity index (χ3v) is 5.61. The molecule has 3 aromatic heterocycles. The third kappa shape index (κ3) is 4.75. The Hall–Kier alpha value is -3.44. The number of nitrogens with zero attached hydrogens (tertiary/aromatic N) is 5. The largest absolute Gasteiger partial charge is 0.416 e. The van der Waals surface area contributed by atoms with Gasteiger partial charge in [-0.3, -0.25) is 4.79 Å². The van der Waals surface area contributed by atoms with Crippen molar-refractivity contribution < 1.29 is 22.7 Å². The van der Waals surface area contributed by atoms with E-state index in [1.165, 1.54) is 18.3 Å². The van der Waals surface area contributed by atoms with Crippen molar-refractivity contribution in [1.82, 2.24) is 24.3 Å². The number of hydrogen-bond acceptors (Lipinski definition) is 5. The van der Waals surface area contributed by atoms with E-state index in [2.05, 4.69) is 20.4 Å². The number of aromatic nitrogens is 5. The number of anilines is 1. The molecule has 178 valence electrons. The molecular formula is C22H20ClF3N6O2. The van der Waals surface area contributed by atoms with Crippen molar-refractivity contribution in [2.75, 3.05) is 19.0 Å². The first-order valence-electron chi connectivity index (χ1n) is 10.2. The first-order valence-corrected chi connectivity index (χ1v) is 10.6. The number of aryl methyl sites for hydroxylation is 1. The van der Waals surface area contributed by atoms with Crippen LogP contribution in [0.3, 0.4) is 0 Å². The molecule has 4 rings (SSSR count). The van der Waals surface area contributed by atoms with Crippen molar-refractivity contribution in [1.29, 1.82) is 0 Å². The summed E-state index contributed by atoms with van der Waals surface area (Å²) in [5, 5.41) is 7.72. The van der Waals surface area contributed by atoms with E-state index in [9.17, 15) is 18.0 Å². The monoisotopic (exact) mass is 492 g/mol. The second kappa shape index (κ2) is 9.43. The molecule has 4 aromatic rings. The Morgan fingerprint density at radius 2 is 1.94 bits per heavy atom. The molecule has 12 heteroatoms. The van der Waals surface area contributed by atoms with Gasteiger partial charge in [0.25, 0.3) is 5.91 Å². The number of nitrogens with one attached hydrogen (secondary N) is 1. The number of alkyl halides is 3. The maximum Gasteiger partial charge on any atom is 0.416 e. The van der Waals surface area contributed by atoms with Crippen LogP contribution < -0.4 is 5.32 Å². The van der Waals surface area contributed by atoms with Crippen molar-refractivity contribution >= 4 is 34.2 Å². The molecule has 0 spiro atoms. The number of ether oxygens (including phenoxy) is 1. The van der Waals surface area contributed by atoms with Gasteiger partial charge in [-0.25, -0.2) is 14.6 Å². The van der Waals surface area contributed by atoms with Crippen LogP contribution in [-0.2, 0) is 24.0 Å². The second-order valence-corrected chi connectivity index (χ2v) is 7.86. The van der Waals surface area contributed by atoms with Crippen LogP contribution in [0.25, 0.3) is 11.0 Å². The fraction of sp³-hybridized carbons (Fsp3) is 0.273. The molecule has 1 aromatic carbocycles. The van der Waals surface area contributed by atoms with Crippen LogP contribution >= 0.6 is 11.6 Å². The van der Waals surface area contributed by atoms with E-state index in [0.29, 0.717) is 36.4 Å². The number of methoxy groups -OCH3 is 1. The van der Waals surface area contributed by atoms with Crippen LogP contribution in [-0.4, -0.2) is 43.9 Å². The maximum absolute atomic E-state index is 12.8.